The van der Waals surface area contributed by atoms with Gasteiger partial charge >= 0.3 is 0 Å². The van der Waals surface area contributed by atoms with Crippen LogP contribution in [0, 0.1) is 0 Å². The fourth-order valence-electron chi connectivity index (χ4n) is 3.12. The lowest BCUT2D eigenvalue weighted by atomic mass is 10.1. The van der Waals surface area contributed by atoms with E-state index in [1.807, 2.05) is 4.68 Å². The van der Waals surface area contributed by atoms with Crippen LogP contribution in [-0.4, -0.2) is 53.4 Å². The second-order valence-corrected chi connectivity index (χ2v) is 6.88. The number of nitrogens with one attached hydrogen (secondary N) is 2. The van der Waals surface area contributed by atoms with Gasteiger partial charge in [-0.15, -0.1) is 16.4 Å². The van der Waals surface area contributed by atoms with E-state index in [-0.39, 0.29) is 0 Å². The van der Waals surface area contributed by atoms with E-state index in [1.54, 1.807) is 21.1 Å². The van der Waals surface area contributed by atoms with Crippen molar-refractivity contribution in [2.75, 3.05) is 33.2 Å². The fourth-order valence-corrected chi connectivity index (χ4v) is 3.81. The minimum atomic E-state index is 0.410. The first-order chi connectivity index (χ1) is 10.3. The maximum Gasteiger partial charge on any atom is 0.209 e. The van der Waals surface area contributed by atoms with Crippen LogP contribution in [0.1, 0.15) is 30.1 Å². The van der Waals surface area contributed by atoms with Gasteiger partial charge in [0.2, 0.25) is 5.82 Å². The third-order valence-corrected chi connectivity index (χ3v) is 5.26. The van der Waals surface area contributed by atoms with Gasteiger partial charge in [0.05, 0.1) is 13.6 Å². The Balaban J connectivity index is 1.76. The molecule has 1 saturated heterocycles. The quantitative estimate of drug-likeness (QED) is 0.718. The molecule has 0 amide bonds. The summed E-state index contributed by atoms with van der Waals surface area (Å²) in [5.74, 6) is 1.04. The Morgan fingerprint density at radius 3 is 2.81 bits per heavy atom. The smallest absolute Gasteiger partial charge is 0.209 e. The number of likely N-dealkylation sites (N-methyl/N-ethyl adjacent to an activating group) is 1. The van der Waals surface area contributed by atoms with Gasteiger partial charge in [0, 0.05) is 11.3 Å². The zero-order valence-corrected chi connectivity index (χ0v) is 13.6. The van der Waals surface area contributed by atoms with Crippen molar-refractivity contribution in [3.63, 3.8) is 0 Å². The number of tetrazole rings is 1. The highest BCUT2D eigenvalue weighted by atomic mass is 32.1. The van der Waals surface area contributed by atoms with Gasteiger partial charge < -0.3 is 9.80 Å². The molecule has 0 aliphatic carbocycles. The Morgan fingerprint density at radius 2 is 2.14 bits per heavy atom. The number of hydrogen-bond donors (Lipinski definition) is 2. The first-order valence-electron chi connectivity index (χ1n) is 7.72. The molecular weight excluding hydrogens is 284 g/mol. The predicted molar refractivity (Wildman–Crippen MR) is 81.6 cm³/mol. The maximum atomic E-state index is 4.34. The third kappa shape index (κ3) is 3.30. The van der Waals surface area contributed by atoms with Crippen molar-refractivity contribution in [2.24, 2.45) is 0 Å². The highest BCUT2D eigenvalue weighted by molar-refractivity contribution is 7.09. The second-order valence-electron chi connectivity index (χ2n) is 5.85. The van der Waals surface area contributed by atoms with Crippen molar-refractivity contribution in [3.8, 4) is 0 Å². The number of rotatable bonds is 5. The van der Waals surface area contributed by atoms with E-state index < -0.39 is 0 Å². The number of aromatic nitrogens is 4. The van der Waals surface area contributed by atoms with Crippen molar-refractivity contribution in [3.05, 3.63) is 28.2 Å². The van der Waals surface area contributed by atoms with Crippen LogP contribution in [0.4, 0.5) is 0 Å². The molecule has 1 fully saturated rings. The van der Waals surface area contributed by atoms with E-state index >= 15 is 0 Å². The average Bonchev–Trinajstić information content (AvgIpc) is 3.15. The molecule has 3 heterocycles. The van der Waals surface area contributed by atoms with E-state index in [0.29, 0.717) is 6.04 Å². The first-order valence-corrected chi connectivity index (χ1v) is 8.60. The largest absolute Gasteiger partial charge is 0.328 e. The summed E-state index contributed by atoms with van der Waals surface area (Å²) in [5.41, 5.74) is 0. The van der Waals surface area contributed by atoms with Gasteiger partial charge in [-0.1, -0.05) is 13.0 Å². The highest BCUT2D eigenvalue weighted by Gasteiger charge is 2.31. The van der Waals surface area contributed by atoms with Crippen molar-refractivity contribution in [2.45, 2.75) is 25.9 Å². The van der Waals surface area contributed by atoms with Crippen LogP contribution in [0.25, 0.3) is 0 Å². The van der Waals surface area contributed by atoms with Gasteiger partial charge in [0.1, 0.15) is 32.2 Å². The molecule has 1 atom stereocenters. The Kier molecular flexibility index (Phi) is 4.62. The molecule has 0 spiro atoms. The average molecular weight is 308 g/mol. The summed E-state index contributed by atoms with van der Waals surface area (Å²) in [5, 5.41) is 14.6. The lowest BCUT2D eigenvalue weighted by Gasteiger charge is -2.32. The SMILES string of the molecule is CC[C@H](c1nnnn1Cc1cccs1)[NH+]1CC[NH+](C)CC1. The lowest BCUT2D eigenvalue weighted by molar-refractivity contribution is -1.02. The Labute approximate surface area is 129 Å². The van der Waals surface area contributed by atoms with Gasteiger partial charge in [0.25, 0.3) is 0 Å². The van der Waals surface area contributed by atoms with Crippen LogP contribution in [0.3, 0.4) is 0 Å². The van der Waals surface area contributed by atoms with E-state index in [4.69, 9.17) is 0 Å². The Bertz CT molecular complexity index is 544. The molecule has 2 aromatic rings. The van der Waals surface area contributed by atoms with Crippen molar-refractivity contribution < 1.29 is 9.80 Å². The fraction of sp³-hybridized carbons (Fsp3) is 0.643. The highest BCUT2D eigenvalue weighted by Crippen LogP contribution is 2.14. The van der Waals surface area contributed by atoms with Crippen LogP contribution in [0.15, 0.2) is 17.5 Å². The Hall–Kier alpha value is -1.31. The summed E-state index contributed by atoms with van der Waals surface area (Å²) >= 11 is 1.76. The minimum absolute atomic E-state index is 0.410. The standard InChI is InChI=1S/C14H22N6S/c1-3-13(19-8-6-18(2)7-9-19)14-15-16-17-20(14)11-12-5-4-10-21-12/h4-5,10,13H,3,6-9,11H2,1-2H3/p+2/t13-/m1/s1. The molecule has 21 heavy (non-hydrogen) atoms. The van der Waals surface area contributed by atoms with Crippen LogP contribution in [0.2, 0.25) is 0 Å². The summed E-state index contributed by atoms with van der Waals surface area (Å²) in [7, 11) is 2.28. The van der Waals surface area contributed by atoms with Gasteiger partial charge in [0.15, 0.2) is 0 Å². The van der Waals surface area contributed by atoms with E-state index in [0.717, 1.165) is 18.8 Å². The monoisotopic (exact) mass is 308 g/mol. The van der Waals surface area contributed by atoms with E-state index in [9.17, 15) is 0 Å². The Morgan fingerprint density at radius 1 is 1.33 bits per heavy atom. The van der Waals surface area contributed by atoms with Gasteiger partial charge in [-0.2, -0.15) is 0 Å². The zero-order valence-electron chi connectivity index (χ0n) is 12.7. The summed E-state index contributed by atoms with van der Waals surface area (Å²) < 4.78 is 1.98. The first kappa shape index (κ1) is 14.6. The van der Waals surface area contributed by atoms with Gasteiger partial charge in [-0.05, 0) is 21.9 Å². The maximum absolute atomic E-state index is 4.34. The van der Waals surface area contributed by atoms with Crippen LogP contribution in [0.5, 0.6) is 0 Å². The summed E-state index contributed by atoms with van der Waals surface area (Å²) in [6, 6.07) is 4.63. The molecular formula is C14H24N6S+2. The van der Waals surface area contributed by atoms with Crippen LogP contribution >= 0.6 is 11.3 Å². The number of quaternary nitrogens is 2. The summed E-state index contributed by atoms with van der Waals surface area (Å²) in [6.07, 6.45) is 1.08. The zero-order chi connectivity index (χ0) is 14.7. The lowest BCUT2D eigenvalue weighted by Crippen LogP contribution is -3.27. The molecule has 3 rings (SSSR count). The van der Waals surface area contributed by atoms with Gasteiger partial charge in [-0.3, -0.25) is 0 Å². The van der Waals surface area contributed by atoms with Crippen LogP contribution in [-0.2, 0) is 6.54 Å². The number of thiophene rings is 1. The molecule has 0 saturated carbocycles. The third-order valence-electron chi connectivity index (χ3n) is 4.40. The minimum Gasteiger partial charge on any atom is -0.328 e. The number of nitrogens with zero attached hydrogens (tertiary/aromatic N) is 4. The second kappa shape index (κ2) is 6.64. The van der Waals surface area contributed by atoms with Crippen molar-refractivity contribution >= 4 is 11.3 Å². The number of piperazine rings is 1. The normalized spacial score (nSPS) is 24.1. The van der Waals surface area contributed by atoms with E-state index in [1.165, 1.54) is 31.1 Å². The van der Waals surface area contributed by atoms with E-state index in [2.05, 4.69) is 47.0 Å². The molecule has 0 unspecified atom stereocenters. The van der Waals surface area contributed by atoms with Gasteiger partial charge in [-0.25, -0.2) is 4.68 Å². The molecule has 7 heteroatoms. The summed E-state index contributed by atoms with van der Waals surface area (Å²) in [4.78, 5) is 4.56. The number of hydrogen-bond acceptors (Lipinski definition) is 4. The molecule has 0 aromatic carbocycles. The molecule has 1 aliphatic heterocycles. The van der Waals surface area contributed by atoms with Crippen LogP contribution < -0.4 is 9.80 Å². The molecule has 6 nitrogen and oxygen atoms in total. The van der Waals surface area contributed by atoms with Crippen molar-refractivity contribution in [1.29, 1.82) is 0 Å². The molecule has 0 radical (unpaired) electrons. The molecule has 2 N–H and O–H groups in total. The van der Waals surface area contributed by atoms with Crippen molar-refractivity contribution in [1.82, 2.24) is 20.2 Å². The molecule has 2 aromatic heterocycles. The molecule has 0 bridgehead atoms. The topological polar surface area (TPSA) is 52.5 Å². The summed E-state index contributed by atoms with van der Waals surface area (Å²) in [6.45, 7) is 7.91. The molecule has 114 valence electrons. The molecule has 1 aliphatic rings. The predicted octanol–water partition coefficient (Wildman–Crippen LogP) is -1.35.